The Hall–Kier alpha value is 1.76. The Kier molecular flexibility index (Phi) is 54.7. The maximum Gasteiger partial charge on any atom is -0.00484 e. The summed E-state index contributed by atoms with van der Waals surface area (Å²) in [5.41, 5.74) is 0. The van der Waals surface area contributed by atoms with Crippen molar-refractivity contribution >= 4 is 67.9 Å². The van der Waals surface area contributed by atoms with E-state index in [-0.39, 0.29) is 67.9 Å². The average Bonchev–Trinajstić information content (AvgIpc) is 2.47. The van der Waals surface area contributed by atoms with Crippen LogP contribution in [0.3, 0.4) is 0 Å². The molecule has 24 heavy (non-hydrogen) atoms. The minimum absolute atomic E-state index is 0. The molecule has 0 aliphatic carbocycles. The van der Waals surface area contributed by atoms with Crippen molar-refractivity contribution in [2.24, 2.45) is 0 Å². The highest BCUT2D eigenvalue weighted by Gasteiger charge is 1.92. The van der Waals surface area contributed by atoms with Gasteiger partial charge in [-0.3, -0.25) is 0 Å². The molecule has 0 amide bonds. The van der Waals surface area contributed by atoms with Gasteiger partial charge in [0, 0.05) is 0 Å². The monoisotopic (exact) mass is 606 g/mol. The quantitative estimate of drug-likeness (QED) is 0.188. The normalized spacial score (nSPS) is 9.25. The molecule has 0 saturated heterocycles. The van der Waals surface area contributed by atoms with Crippen molar-refractivity contribution in [1.29, 1.82) is 0 Å². The summed E-state index contributed by atoms with van der Waals surface area (Å²) in [6.45, 7) is 13.5. The van der Waals surface area contributed by atoms with Crippen molar-refractivity contribution in [3.63, 3.8) is 0 Å². The lowest BCUT2D eigenvalue weighted by Gasteiger charge is -2.07. The zero-order chi connectivity index (χ0) is 14.7. The van der Waals surface area contributed by atoms with Gasteiger partial charge in [-0.1, -0.05) is 13.8 Å². The molecule has 154 valence electrons. The van der Waals surface area contributed by atoms with Crippen molar-refractivity contribution in [2.45, 2.75) is 52.4 Å². The first kappa shape index (κ1) is 36.6. The number of rotatable bonds is 17. The van der Waals surface area contributed by atoms with Gasteiger partial charge in [-0.05, 0) is 90.9 Å². The minimum atomic E-state index is 0. The lowest BCUT2D eigenvalue weighted by molar-refractivity contribution is 0.545. The molecule has 0 heterocycles. The van der Waals surface area contributed by atoms with Crippen LogP contribution >= 0.6 is 67.9 Å². The third-order valence-electron chi connectivity index (χ3n) is 3.37. The van der Waals surface area contributed by atoms with Gasteiger partial charge in [0.05, 0.1) is 0 Å². The Morgan fingerprint density at radius 3 is 0.792 bits per heavy atom. The zero-order valence-electron chi connectivity index (χ0n) is 15.5. The third-order valence-corrected chi connectivity index (χ3v) is 3.37. The van der Waals surface area contributed by atoms with Crippen LogP contribution in [-0.2, 0) is 0 Å². The van der Waals surface area contributed by atoms with Gasteiger partial charge in [0.15, 0.2) is 0 Å². The van der Waals surface area contributed by atoms with Gasteiger partial charge in [-0.25, -0.2) is 0 Å². The van der Waals surface area contributed by atoms with Gasteiger partial charge in [-0.15, -0.1) is 67.9 Å². The van der Waals surface area contributed by atoms with E-state index in [0.29, 0.717) is 0 Å². The zero-order valence-corrected chi connectivity index (χ0v) is 22.4. The molecule has 0 radical (unpaired) electrons. The van der Waals surface area contributed by atoms with E-state index >= 15 is 0 Å². The van der Waals surface area contributed by atoms with Crippen LogP contribution in [-0.4, -0.2) is 52.4 Å². The first-order valence-corrected chi connectivity index (χ1v) is 8.74. The van der Waals surface area contributed by atoms with Crippen LogP contribution in [0.5, 0.6) is 0 Å². The summed E-state index contributed by atoms with van der Waals surface area (Å²) in [5.74, 6) is 0. The Morgan fingerprint density at radius 1 is 0.375 bits per heavy atom. The lowest BCUT2D eigenvalue weighted by Crippen LogP contribution is -2.22. The number of hydrogen-bond donors (Lipinski definition) is 4. The Bertz CT molecular complexity index is 162. The molecule has 0 spiro atoms. The Balaban J connectivity index is -0.000000301. The Morgan fingerprint density at radius 2 is 0.583 bits per heavy atom. The molecule has 0 saturated carbocycles. The van der Waals surface area contributed by atoms with E-state index in [0.717, 1.165) is 26.2 Å². The highest BCUT2D eigenvalue weighted by molar-refractivity contribution is 8.93. The van der Waals surface area contributed by atoms with Crippen LogP contribution in [0.1, 0.15) is 52.4 Å². The lowest BCUT2D eigenvalue weighted by atomic mass is 10.2. The summed E-state index contributed by atoms with van der Waals surface area (Å²) in [4.78, 5) is 0. The second-order valence-corrected chi connectivity index (χ2v) is 5.33. The van der Waals surface area contributed by atoms with Gasteiger partial charge in [0.2, 0.25) is 0 Å². The van der Waals surface area contributed by atoms with Crippen molar-refractivity contribution in [2.75, 3.05) is 52.4 Å². The second kappa shape index (κ2) is 35.8. The van der Waals surface area contributed by atoms with E-state index in [1.165, 1.54) is 64.7 Å². The summed E-state index contributed by atoms with van der Waals surface area (Å²) in [7, 11) is 0. The van der Waals surface area contributed by atoms with Crippen LogP contribution < -0.4 is 21.3 Å². The molecule has 8 heteroatoms. The molecular formula is C16H42Br4N4. The van der Waals surface area contributed by atoms with Crippen LogP contribution in [0.15, 0.2) is 0 Å². The largest absolute Gasteiger partial charge is 0.317 e. The SMILES string of the molecule is Br.Br.Br.Br.CCNCCCCNCCCCNCCCCNCC. The van der Waals surface area contributed by atoms with E-state index in [9.17, 15) is 0 Å². The van der Waals surface area contributed by atoms with Crippen molar-refractivity contribution in [3.8, 4) is 0 Å². The molecule has 0 rings (SSSR count). The first-order chi connectivity index (χ1) is 9.91. The smallest absolute Gasteiger partial charge is 0.00484 e. The summed E-state index contributed by atoms with van der Waals surface area (Å²) in [6, 6.07) is 0. The van der Waals surface area contributed by atoms with Crippen molar-refractivity contribution in [3.05, 3.63) is 0 Å². The maximum absolute atomic E-state index is 3.52. The van der Waals surface area contributed by atoms with Crippen LogP contribution in [0.4, 0.5) is 0 Å². The molecule has 0 aliphatic rings. The Labute approximate surface area is 192 Å². The van der Waals surface area contributed by atoms with Crippen molar-refractivity contribution in [1.82, 2.24) is 21.3 Å². The number of hydrogen-bond acceptors (Lipinski definition) is 4. The highest BCUT2D eigenvalue weighted by Crippen LogP contribution is 1.89. The fourth-order valence-electron chi connectivity index (χ4n) is 2.10. The molecule has 0 aromatic heterocycles. The average molecular weight is 610 g/mol. The first-order valence-electron chi connectivity index (χ1n) is 8.74. The van der Waals surface area contributed by atoms with E-state index in [1.807, 2.05) is 0 Å². The molecule has 0 bridgehead atoms. The molecule has 0 aromatic rings. The maximum atomic E-state index is 3.52. The van der Waals surface area contributed by atoms with Gasteiger partial charge >= 0.3 is 0 Å². The highest BCUT2D eigenvalue weighted by atomic mass is 79.9. The summed E-state index contributed by atoms with van der Waals surface area (Å²) in [5, 5.41) is 13.8. The molecule has 0 fully saturated rings. The third kappa shape index (κ3) is 35.0. The van der Waals surface area contributed by atoms with E-state index in [2.05, 4.69) is 35.1 Å². The summed E-state index contributed by atoms with van der Waals surface area (Å²) < 4.78 is 0. The predicted octanol–water partition coefficient (Wildman–Crippen LogP) is 4.04. The van der Waals surface area contributed by atoms with E-state index in [1.54, 1.807) is 0 Å². The van der Waals surface area contributed by atoms with Crippen molar-refractivity contribution < 1.29 is 0 Å². The molecule has 0 unspecified atom stereocenters. The predicted molar refractivity (Wildman–Crippen MR) is 132 cm³/mol. The molecule has 0 atom stereocenters. The summed E-state index contributed by atoms with van der Waals surface area (Å²) in [6.07, 6.45) is 7.73. The molecular weight excluding hydrogens is 568 g/mol. The van der Waals surface area contributed by atoms with Gasteiger partial charge in [0.1, 0.15) is 0 Å². The molecule has 4 N–H and O–H groups in total. The van der Waals surface area contributed by atoms with Crippen LogP contribution in [0.25, 0.3) is 0 Å². The van der Waals surface area contributed by atoms with Gasteiger partial charge in [0.25, 0.3) is 0 Å². The van der Waals surface area contributed by atoms with E-state index in [4.69, 9.17) is 0 Å². The van der Waals surface area contributed by atoms with Gasteiger partial charge < -0.3 is 21.3 Å². The van der Waals surface area contributed by atoms with Gasteiger partial charge in [-0.2, -0.15) is 0 Å². The second-order valence-electron chi connectivity index (χ2n) is 5.33. The fourth-order valence-corrected chi connectivity index (χ4v) is 2.10. The minimum Gasteiger partial charge on any atom is -0.317 e. The number of unbranched alkanes of at least 4 members (excludes halogenated alkanes) is 3. The number of nitrogens with one attached hydrogen (secondary N) is 4. The van der Waals surface area contributed by atoms with Crippen LogP contribution in [0.2, 0.25) is 0 Å². The van der Waals surface area contributed by atoms with E-state index < -0.39 is 0 Å². The molecule has 0 aromatic carbocycles. The summed E-state index contributed by atoms with van der Waals surface area (Å²) >= 11 is 0. The molecule has 0 aliphatic heterocycles. The van der Waals surface area contributed by atoms with Crippen LogP contribution in [0, 0.1) is 0 Å². The molecule has 4 nitrogen and oxygen atoms in total. The fraction of sp³-hybridized carbons (Fsp3) is 1.00. The topological polar surface area (TPSA) is 48.1 Å². The standard InChI is InChI=1S/C16H38N4.4BrH/c1-3-17-11-5-7-13-19-15-9-10-16-20-14-8-6-12-18-4-2;;;;/h17-20H,3-16H2,1-2H3;4*1H. The number of halogens is 4.